The minimum atomic E-state index is 0.680. The zero-order valence-electron chi connectivity index (χ0n) is 14.8. The second-order valence-corrected chi connectivity index (χ2v) is 6.39. The Balaban J connectivity index is 2.15. The minimum absolute atomic E-state index is 0.680. The maximum Gasteiger partial charge on any atom is 0.114 e. The van der Waals surface area contributed by atoms with Crippen molar-refractivity contribution in [2.45, 2.75) is 46.5 Å². The Bertz CT molecular complexity index is 831. The maximum atomic E-state index is 5.66. The van der Waals surface area contributed by atoms with Crippen LogP contribution in [0.25, 0.3) is 16.7 Å². The maximum absolute atomic E-state index is 5.66. The molecule has 126 valence electrons. The van der Waals surface area contributed by atoms with Crippen molar-refractivity contribution in [3.05, 3.63) is 53.1 Å². The topological polar surface area (TPSA) is 56.7 Å². The molecule has 2 aromatic heterocycles. The summed E-state index contributed by atoms with van der Waals surface area (Å²) in [5.74, 6) is 1.12. The summed E-state index contributed by atoms with van der Waals surface area (Å²) in [4.78, 5) is 9.49. The van der Waals surface area contributed by atoms with Crippen molar-refractivity contribution in [1.82, 2.24) is 14.5 Å². The van der Waals surface area contributed by atoms with Crippen molar-refractivity contribution in [2.24, 2.45) is 5.73 Å². The van der Waals surface area contributed by atoms with Gasteiger partial charge < -0.3 is 5.73 Å². The third-order valence-corrected chi connectivity index (χ3v) is 4.40. The molecule has 3 aromatic rings. The third-order valence-electron chi connectivity index (χ3n) is 4.40. The van der Waals surface area contributed by atoms with E-state index in [-0.39, 0.29) is 0 Å². The van der Waals surface area contributed by atoms with Gasteiger partial charge in [-0.15, -0.1) is 0 Å². The largest absolute Gasteiger partial charge is 0.330 e. The number of unbranched alkanes of at least 4 members (excludes halogenated alkanes) is 1. The lowest BCUT2D eigenvalue weighted by Crippen LogP contribution is -2.04. The van der Waals surface area contributed by atoms with E-state index in [1.165, 1.54) is 5.56 Å². The number of benzene rings is 1. The molecular formula is C20H26N4. The van der Waals surface area contributed by atoms with Gasteiger partial charge in [0.2, 0.25) is 0 Å². The van der Waals surface area contributed by atoms with E-state index in [0.717, 1.165) is 59.6 Å². The van der Waals surface area contributed by atoms with E-state index in [2.05, 4.69) is 46.8 Å². The van der Waals surface area contributed by atoms with Crippen LogP contribution in [0.2, 0.25) is 0 Å². The molecule has 0 aliphatic heterocycles. The van der Waals surface area contributed by atoms with E-state index in [1.807, 2.05) is 13.8 Å². The van der Waals surface area contributed by atoms with Gasteiger partial charge in [0.1, 0.15) is 11.3 Å². The lowest BCUT2D eigenvalue weighted by atomic mass is 10.1. The first-order valence-corrected chi connectivity index (χ1v) is 8.79. The van der Waals surface area contributed by atoms with E-state index < -0.39 is 0 Å². The number of rotatable bonds is 6. The van der Waals surface area contributed by atoms with Gasteiger partial charge >= 0.3 is 0 Å². The van der Waals surface area contributed by atoms with Gasteiger partial charge in [0.05, 0.1) is 11.2 Å². The zero-order chi connectivity index (χ0) is 17.1. The molecule has 3 rings (SSSR count). The van der Waals surface area contributed by atoms with Crippen molar-refractivity contribution < 1.29 is 0 Å². The summed E-state index contributed by atoms with van der Waals surface area (Å²) in [6, 6.07) is 10.8. The lowest BCUT2D eigenvalue weighted by Gasteiger charge is -2.10. The first-order valence-electron chi connectivity index (χ1n) is 8.79. The van der Waals surface area contributed by atoms with Crippen molar-refractivity contribution in [2.75, 3.05) is 6.54 Å². The Hall–Kier alpha value is -2.20. The fourth-order valence-corrected chi connectivity index (χ4v) is 3.20. The van der Waals surface area contributed by atoms with Gasteiger partial charge in [0.25, 0.3) is 0 Å². The van der Waals surface area contributed by atoms with Gasteiger partial charge in [-0.1, -0.05) is 25.5 Å². The van der Waals surface area contributed by atoms with Crippen LogP contribution in [0.1, 0.15) is 42.5 Å². The molecular weight excluding hydrogens is 296 g/mol. The summed E-state index contributed by atoms with van der Waals surface area (Å²) in [5, 5.41) is 0. The van der Waals surface area contributed by atoms with Crippen molar-refractivity contribution >= 4 is 11.0 Å². The standard InChI is InChI=1S/C20H26N4/c1-4-5-6-19-23-20-15(3)22-14(2)13-18(20)24(19)17-9-7-16(8-10-17)11-12-21/h7-10,13H,4-6,11-12,21H2,1-3H3. The van der Waals surface area contributed by atoms with Crippen LogP contribution < -0.4 is 5.73 Å². The van der Waals surface area contributed by atoms with Crippen LogP contribution in [0.15, 0.2) is 30.3 Å². The fraction of sp³-hybridized carbons (Fsp3) is 0.400. The second kappa shape index (κ2) is 7.14. The van der Waals surface area contributed by atoms with Gasteiger partial charge in [-0.2, -0.15) is 0 Å². The van der Waals surface area contributed by atoms with E-state index in [0.29, 0.717) is 6.54 Å². The Labute approximate surface area is 143 Å². The number of aryl methyl sites for hydroxylation is 3. The average molecular weight is 322 g/mol. The van der Waals surface area contributed by atoms with Crippen molar-refractivity contribution in [1.29, 1.82) is 0 Å². The molecule has 2 heterocycles. The number of nitrogens with zero attached hydrogens (tertiary/aromatic N) is 3. The van der Waals surface area contributed by atoms with E-state index in [1.54, 1.807) is 0 Å². The number of nitrogens with two attached hydrogens (primary N) is 1. The Morgan fingerprint density at radius 3 is 2.46 bits per heavy atom. The number of hydrogen-bond acceptors (Lipinski definition) is 3. The molecule has 0 aliphatic carbocycles. The molecule has 0 aliphatic rings. The van der Waals surface area contributed by atoms with Crippen LogP contribution in [0.5, 0.6) is 0 Å². The summed E-state index contributed by atoms with van der Waals surface area (Å²) in [6.07, 6.45) is 4.19. The van der Waals surface area contributed by atoms with Crippen LogP contribution in [0, 0.1) is 13.8 Å². The predicted molar refractivity (Wildman–Crippen MR) is 99.7 cm³/mol. The van der Waals surface area contributed by atoms with Crippen LogP contribution in [-0.4, -0.2) is 21.1 Å². The van der Waals surface area contributed by atoms with E-state index in [4.69, 9.17) is 10.7 Å². The molecule has 0 amide bonds. The number of pyridine rings is 1. The van der Waals surface area contributed by atoms with Crippen molar-refractivity contribution in [3.63, 3.8) is 0 Å². The highest BCUT2D eigenvalue weighted by Gasteiger charge is 2.15. The van der Waals surface area contributed by atoms with Gasteiger partial charge in [0, 0.05) is 17.8 Å². The first-order chi connectivity index (χ1) is 11.6. The molecule has 0 atom stereocenters. The van der Waals surface area contributed by atoms with Gasteiger partial charge in [-0.25, -0.2) is 4.98 Å². The second-order valence-electron chi connectivity index (χ2n) is 6.39. The fourth-order valence-electron chi connectivity index (χ4n) is 3.20. The van der Waals surface area contributed by atoms with Crippen LogP contribution in [0.3, 0.4) is 0 Å². The van der Waals surface area contributed by atoms with Gasteiger partial charge in [0.15, 0.2) is 0 Å². The smallest absolute Gasteiger partial charge is 0.114 e. The summed E-state index contributed by atoms with van der Waals surface area (Å²) in [6.45, 7) is 6.98. The zero-order valence-corrected chi connectivity index (χ0v) is 14.8. The number of aromatic nitrogens is 3. The van der Waals surface area contributed by atoms with Crippen LogP contribution in [-0.2, 0) is 12.8 Å². The first kappa shape index (κ1) is 16.7. The molecule has 2 N–H and O–H groups in total. The van der Waals surface area contributed by atoms with E-state index in [9.17, 15) is 0 Å². The Morgan fingerprint density at radius 2 is 1.79 bits per heavy atom. The summed E-state index contributed by atoms with van der Waals surface area (Å²) in [7, 11) is 0. The molecule has 0 unspecified atom stereocenters. The van der Waals surface area contributed by atoms with Crippen LogP contribution in [0.4, 0.5) is 0 Å². The molecule has 4 nitrogen and oxygen atoms in total. The lowest BCUT2D eigenvalue weighted by molar-refractivity contribution is 0.744. The molecule has 24 heavy (non-hydrogen) atoms. The average Bonchev–Trinajstić information content (AvgIpc) is 2.92. The molecule has 0 fully saturated rings. The monoisotopic (exact) mass is 322 g/mol. The Morgan fingerprint density at radius 1 is 1.04 bits per heavy atom. The molecule has 0 saturated heterocycles. The molecule has 4 heteroatoms. The predicted octanol–water partition coefficient (Wildman–Crippen LogP) is 3.88. The van der Waals surface area contributed by atoms with E-state index >= 15 is 0 Å². The SMILES string of the molecule is CCCCc1nc2c(C)nc(C)cc2n1-c1ccc(CCN)cc1. The number of imidazole rings is 1. The summed E-state index contributed by atoms with van der Waals surface area (Å²) in [5.41, 5.74) is 12.3. The molecule has 0 bridgehead atoms. The number of fused-ring (bicyclic) bond motifs is 1. The third kappa shape index (κ3) is 3.20. The summed E-state index contributed by atoms with van der Waals surface area (Å²) < 4.78 is 2.29. The normalized spacial score (nSPS) is 11.3. The van der Waals surface area contributed by atoms with Crippen molar-refractivity contribution in [3.8, 4) is 5.69 Å². The highest BCUT2D eigenvalue weighted by Crippen LogP contribution is 2.25. The van der Waals surface area contributed by atoms with Crippen LogP contribution >= 0.6 is 0 Å². The van der Waals surface area contributed by atoms with Gasteiger partial charge in [-0.05, 0) is 57.0 Å². The molecule has 1 aromatic carbocycles. The summed E-state index contributed by atoms with van der Waals surface area (Å²) >= 11 is 0. The minimum Gasteiger partial charge on any atom is -0.330 e. The van der Waals surface area contributed by atoms with Gasteiger partial charge in [-0.3, -0.25) is 9.55 Å². The number of hydrogen-bond donors (Lipinski definition) is 1. The Kier molecular flexibility index (Phi) is 4.95. The quantitative estimate of drug-likeness (QED) is 0.749. The highest BCUT2D eigenvalue weighted by atomic mass is 15.1. The molecule has 0 saturated carbocycles. The highest BCUT2D eigenvalue weighted by molar-refractivity contribution is 5.80. The molecule has 0 radical (unpaired) electrons. The molecule has 0 spiro atoms.